The van der Waals surface area contributed by atoms with Crippen LogP contribution in [0.4, 0.5) is 0 Å². The summed E-state index contributed by atoms with van der Waals surface area (Å²) in [6, 6.07) is -0.799. The molecule has 5 nitrogen and oxygen atoms in total. The first-order chi connectivity index (χ1) is 19.1. The Labute approximate surface area is 243 Å². The minimum Gasteiger partial charge on any atom is -0.394 e. The Bertz CT molecular complexity index is 502. The predicted octanol–water partition coefficient (Wildman–Crippen LogP) is 8.76. The topological polar surface area (TPSA) is 89.8 Å². The first kappa shape index (κ1) is 38.4. The van der Waals surface area contributed by atoms with Crippen molar-refractivity contribution >= 4 is 5.91 Å². The lowest BCUT2D eigenvalue weighted by Gasteiger charge is -2.26. The average molecular weight is 556 g/mol. The molecule has 0 radical (unpaired) electrons. The molecule has 0 spiro atoms. The first-order valence-electron chi connectivity index (χ1n) is 17.3. The Balaban J connectivity index is 3.69. The van der Waals surface area contributed by atoms with E-state index in [-0.39, 0.29) is 12.5 Å². The predicted molar refractivity (Wildman–Crippen MR) is 167 cm³/mol. The summed E-state index contributed by atoms with van der Waals surface area (Å²) in [5.74, 6) is -0.145. The summed E-state index contributed by atoms with van der Waals surface area (Å²) in [4.78, 5) is 12.3. The Morgan fingerprint density at radius 3 is 1.23 bits per heavy atom. The zero-order chi connectivity index (χ0) is 28.8. The van der Waals surface area contributed by atoms with Gasteiger partial charge in [0.2, 0.25) is 5.91 Å². The molecule has 0 rings (SSSR count). The van der Waals surface area contributed by atoms with E-state index in [2.05, 4.69) is 19.2 Å². The van der Waals surface area contributed by atoms with Crippen LogP contribution >= 0.6 is 0 Å². The Hall–Kier alpha value is -0.650. The summed E-state index contributed by atoms with van der Waals surface area (Å²) in [5, 5.41) is 33.2. The maximum atomic E-state index is 12.3. The third-order valence-electron chi connectivity index (χ3n) is 8.21. The maximum absolute atomic E-state index is 12.3. The molecule has 0 heterocycles. The quantitative estimate of drug-likeness (QED) is 0.0644. The molecule has 3 atom stereocenters. The molecule has 0 aliphatic rings. The molecule has 0 aromatic carbocycles. The third kappa shape index (κ3) is 26.0. The van der Waals surface area contributed by atoms with Crippen LogP contribution < -0.4 is 5.32 Å². The molecule has 0 aliphatic heterocycles. The molecular weight excluding hydrogens is 486 g/mol. The molecule has 0 bridgehead atoms. The number of unbranched alkanes of at least 4 members (excludes halogenated alkanes) is 23. The van der Waals surface area contributed by atoms with Gasteiger partial charge in [0.15, 0.2) is 0 Å². The monoisotopic (exact) mass is 556 g/mol. The first-order valence-corrected chi connectivity index (χ1v) is 17.3. The van der Waals surface area contributed by atoms with Gasteiger partial charge in [-0.05, 0) is 12.8 Å². The largest absolute Gasteiger partial charge is 0.394 e. The highest BCUT2D eigenvalue weighted by atomic mass is 16.3. The van der Waals surface area contributed by atoms with Crippen molar-refractivity contribution in [3.05, 3.63) is 0 Å². The molecule has 39 heavy (non-hydrogen) atoms. The summed E-state index contributed by atoms with van der Waals surface area (Å²) in [7, 11) is 0. The van der Waals surface area contributed by atoms with Crippen LogP contribution in [0, 0.1) is 0 Å². The number of carbonyl (C=O) groups is 1. The van der Waals surface area contributed by atoms with Crippen LogP contribution in [0.3, 0.4) is 0 Å². The fraction of sp³-hybridized carbons (Fsp3) is 0.971. The molecule has 5 heteroatoms. The van der Waals surface area contributed by atoms with Crippen molar-refractivity contribution in [3.8, 4) is 0 Å². The van der Waals surface area contributed by atoms with Gasteiger partial charge in [0.1, 0.15) is 6.10 Å². The summed E-state index contributed by atoms with van der Waals surface area (Å²) in [5.41, 5.74) is 0. The number of amides is 1. The van der Waals surface area contributed by atoms with Crippen molar-refractivity contribution in [1.82, 2.24) is 5.32 Å². The van der Waals surface area contributed by atoms with E-state index in [1.165, 1.54) is 122 Å². The third-order valence-corrected chi connectivity index (χ3v) is 8.21. The second kappa shape index (κ2) is 30.3. The lowest BCUT2D eigenvalue weighted by Crippen LogP contribution is -2.50. The minimum atomic E-state index is -1.13. The summed E-state index contributed by atoms with van der Waals surface area (Å²) in [6.07, 6.45) is 30.4. The normalized spacial score (nSPS) is 13.9. The zero-order valence-electron chi connectivity index (χ0n) is 26.3. The summed E-state index contributed by atoms with van der Waals surface area (Å²) in [6.45, 7) is 4.15. The smallest absolute Gasteiger partial charge is 0.220 e. The van der Waals surface area contributed by atoms with Gasteiger partial charge in [0, 0.05) is 6.42 Å². The zero-order valence-corrected chi connectivity index (χ0v) is 26.3. The fourth-order valence-electron chi connectivity index (χ4n) is 5.45. The van der Waals surface area contributed by atoms with Gasteiger partial charge in [-0.2, -0.15) is 0 Å². The van der Waals surface area contributed by atoms with E-state index in [0.717, 1.165) is 38.5 Å². The lowest BCUT2D eigenvalue weighted by atomic mass is 9.99. The van der Waals surface area contributed by atoms with Gasteiger partial charge in [-0.25, -0.2) is 0 Å². The molecule has 0 fully saturated rings. The van der Waals surface area contributed by atoms with E-state index in [1.807, 2.05) is 0 Å². The van der Waals surface area contributed by atoms with Gasteiger partial charge < -0.3 is 20.6 Å². The molecule has 1 unspecified atom stereocenters. The van der Waals surface area contributed by atoms with Crippen molar-refractivity contribution in [2.45, 2.75) is 205 Å². The van der Waals surface area contributed by atoms with Crippen LogP contribution in [-0.4, -0.2) is 46.1 Å². The molecule has 234 valence electrons. The Kier molecular flexibility index (Phi) is 29.8. The van der Waals surface area contributed by atoms with Gasteiger partial charge in [-0.1, -0.05) is 168 Å². The van der Waals surface area contributed by atoms with Gasteiger partial charge >= 0.3 is 0 Å². The van der Waals surface area contributed by atoms with Crippen molar-refractivity contribution in [1.29, 1.82) is 0 Å². The molecule has 0 saturated heterocycles. The average Bonchev–Trinajstić information content (AvgIpc) is 2.94. The molecule has 0 aromatic rings. The molecule has 4 N–H and O–H groups in total. The van der Waals surface area contributed by atoms with E-state index >= 15 is 0 Å². The number of rotatable bonds is 31. The highest BCUT2D eigenvalue weighted by Crippen LogP contribution is 2.16. The lowest BCUT2D eigenvalue weighted by molar-refractivity contribution is -0.124. The molecule has 1 amide bonds. The van der Waals surface area contributed by atoms with Crippen molar-refractivity contribution < 1.29 is 20.1 Å². The summed E-state index contributed by atoms with van der Waals surface area (Å²) >= 11 is 0. The van der Waals surface area contributed by atoms with E-state index < -0.39 is 18.2 Å². The Morgan fingerprint density at radius 2 is 0.872 bits per heavy atom. The number of hydrogen-bond acceptors (Lipinski definition) is 4. The summed E-state index contributed by atoms with van der Waals surface area (Å²) < 4.78 is 0. The number of nitrogens with one attached hydrogen (secondary N) is 1. The molecule has 0 aromatic heterocycles. The molecule has 0 saturated carbocycles. The van der Waals surface area contributed by atoms with Crippen molar-refractivity contribution in [2.24, 2.45) is 0 Å². The van der Waals surface area contributed by atoms with Crippen LogP contribution in [0.5, 0.6) is 0 Å². The standard InChI is InChI=1S/C34H69NO4/c1-3-5-7-9-11-13-15-17-19-21-23-25-27-29-33(38)35-31(30-36)34(39)32(37)28-26-24-22-20-18-16-14-12-10-8-6-4-2/h31-32,34,36-37,39H,3-30H2,1-2H3,(H,35,38)/t31-,32?,34+/m1/s1. The maximum Gasteiger partial charge on any atom is 0.220 e. The number of aliphatic hydroxyl groups is 3. The Morgan fingerprint density at radius 1 is 0.538 bits per heavy atom. The second-order valence-corrected chi connectivity index (χ2v) is 12.1. The highest BCUT2D eigenvalue weighted by Gasteiger charge is 2.26. The van der Waals surface area contributed by atoms with E-state index in [1.54, 1.807) is 0 Å². The second-order valence-electron chi connectivity index (χ2n) is 12.1. The van der Waals surface area contributed by atoms with Gasteiger partial charge in [0.25, 0.3) is 0 Å². The van der Waals surface area contributed by atoms with Gasteiger partial charge in [0.05, 0.1) is 18.8 Å². The molecule has 0 aliphatic carbocycles. The number of carbonyl (C=O) groups excluding carboxylic acids is 1. The number of hydrogen-bond donors (Lipinski definition) is 4. The number of aliphatic hydroxyl groups excluding tert-OH is 3. The van der Waals surface area contributed by atoms with Gasteiger partial charge in [-0.3, -0.25) is 4.79 Å². The molecular formula is C34H69NO4. The van der Waals surface area contributed by atoms with E-state index in [9.17, 15) is 20.1 Å². The van der Waals surface area contributed by atoms with Crippen LogP contribution in [0.25, 0.3) is 0 Å². The van der Waals surface area contributed by atoms with E-state index in [0.29, 0.717) is 12.8 Å². The van der Waals surface area contributed by atoms with Crippen LogP contribution in [0.15, 0.2) is 0 Å². The highest BCUT2D eigenvalue weighted by molar-refractivity contribution is 5.76. The van der Waals surface area contributed by atoms with Gasteiger partial charge in [-0.15, -0.1) is 0 Å². The SMILES string of the molecule is CCCCCCCCCCCCCCCC(=O)N[C@H](CO)[C@H](O)C(O)CCCCCCCCCCCCCC. The minimum absolute atomic E-state index is 0.145. The van der Waals surface area contributed by atoms with E-state index in [4.69, 9.17) is 0 Å². The fourth-order valence-corrected chi connectivity index (χ4v) is 5.45. The van der Waals surface area contributed by atoms with Crippen LogP contribution in [0.2, 0.25) is 0 Å². The van der Waals surface area contributed by atoms with Crippen LogP contribution in [0.1, 0.15) is 187 Å². The van der Waals surface area contributed by atoms with Crippen LogP contribution in [-0.2, 0) is 4.79 Å². The van der Waals surface area contributed by atoms with Crippen molar-refractivity contribution in [2.75, 3.05) is 6.61 Å². The van der Waals surface area contributed by atoms with Crippen molar-refractivity contribution in [3.63, 3.8) is 0 Å².